The van der Waals surface area contributed by atoms with Gasteiger partial charge in [-0.2, -0.15) is 0 Å². The third kappa shape index (κ3) is 17.5. The van der Waals surface area contributed by atoms with Gasteiger partial charge in [-0.05, 0) is 69.6 Å². The Morgan fingerprint density at radius 3 is 2.10 bits per heavy atom. The highest BCUT2D eigenvalue weighted by atomic mass is 16.1. The molecule has 0 N–H and O–H groups in total. The molecule has 0 aromatic carbocycles. The summed E-state index contributed by atoms with van der Waals surface area (Å²) in [5.74, 6) is 2.61. The van der Waals surface area contributed by atoms with E-state index in [1.165, 1.54) is 83.5 Å². The molecular weight excluding hydrogens is 352 g/mol. The quantitative estimate of drug-likeness (QED) is 0.276. The second kappa shape index (κ2) is 23.2. The molecule has 170 valence electrons. The van der Waals surface area contributed by atoms with Gasteiger partial charge in [0.05, 0.1) is 0 Å². The topological polar surface area (TPSA) is 17.1 Å². The fourth-order valence-electron chi connectivity index (χ4n) is 4.14. The molecule has 29 heavy (non-hydrogen) atoms. The van der Waals surface area contributed by atoms with E-state index >= 15 is 0 Å². The van der Waals surface area contributed by atoms with E-state index in [4.69, 9.17) is 4.79 Å². The van der Waals surface area contributed by atoms with Crippen molar-refractivity contribution in [3.8, 4) is 0 Å². The van der Waals surface area contributed by atoms with Gasteiger partial charge in [0.2, 0.25) is 0 Å². The smallest absolute Gasteiger partial charge is 0.106 e. The first-order valence-electron chi connectivity index (χ1n) is 12.4. The average molecular weight is 405 g/mol. The van der Waals surface area contributed by atoms with Gasteiger partial charge < -0.3 is 4.79 Å². The average Bonchev–Trinajstić information content (AvgIpc) is 3.31. The summed E-state index contributed by atoms with van der Waals surface area (Å²) in [5.41, 5.74) is 1.55. The van der Waals surface area contributed by atoms with Crippen molar-refractivity contribution in [3.05, 3.63) is 36.5 Å². The molecule has 1 heteroatoms. The summed E-state index contributed by atoms with van der Waals surface area (Å²) >= 11 is 0. The molecule has 0 saturated heterocycles. The predicted octanol–water partition coefficient (Wildman–Crippen LogP) is 9.49. The van der Waals surface area contributed by atoms with Gasteiger partial charge in [-0.3, -0.25) is 0 Å². The number of hydrogen-bond acceptors (Lipinski definition) is 1. The largest absolute Gasteiger partial charge is 0.307 e. The molecule has 0 heterocycles. The second-order valence-electron chi connectivity index (χ2n) is 8.31. The van der Waals surface area contributed by atoms with Crippen LogP contribution in [0.1, 0.15) is 118 Å². The monoisotopic (exact) mass is 404 g/mol. The maximum absolute atomic E-state index is 8.00. The SMILES string of the molecule is C=C(CCCCCC(C)/C=C\C)C1CCCCC1.C=O.CC.CCC1CC=CC1. The zero-order valence-electron chi connectivity index (χ0n) is 20.6. The maximum Gasteiger partial charge on any atom is 0.106 e. The highest BCUT2D eigenvalue weighted by Gasteiger charge is 2.15. The standard InChI is InChI=1S/C18H32.C7H12.C2H6.CH2O/c1-4-11-16(2)12-7-5-8-13-17(3)18-14-9-6-10-15-18;1-2-7-5-3-4-6-7;2*1-2/h4,11,16,18H,3,5-10,12-15H2,1-2H3;3-4,7H,2,5-6H2,1H3;1-2H3;1H2/b11-4-;;;. The van der Waals surface area contributed by atoms with Crippen LogP contribution >= 0.6 is 0 Å². The molecule has 1 nitrogen and oxygen atoms in total. The predicted molar refractivity (Wildman–Crippen MR) is 133 cm³/mol. The number of carbonyl (C=O) groups is 1. The zero-order chi connectivity index (χ0) is 22.3. The van der Waals surface area contributed by atoms with E-state index in [0.29, 0.717) is 0 Å². The van der Waals surface area contributed by atoms with Crippen LogP contribution in [0.4, 0.5) is 0 Å². The van der Waals surface area contributed by atoms with Crippen molar-refractivity contribution in [1.82, 2.24) is 0 Å². The Bertz CT molecular complexity index is 393. The fraction of sp³-hybridized carbons (Fsp3) is 0.750. The molecule has 2 aliphatic rings. The summed E-state index contributed by atoms with van der Waals surface area (Å²) in [4.78, 5) is 8.00. The minimum Gasteiger partial charge on any atom is -0.307 e. The van der Waals surface area contributed by atoms with E-state index in [0.717, 1.165) is 17.8 Å². The highest BCUT2D eigenvalue weighted by Crippen LogP contribution is 2.31. The molecule has 0 aliphatic heterocycles. The van der Waals surface area contributed by atoms with Crippen LogP contribution in [0.5, 0.6) is 0 Å². The molecule has 2 rings (SSSR count). The van der Waals surface area contributed by atoms with Crippen molar-refractivity contribution in [1.29, 1.82) is 0 Å². The van der Waals surface area contributed by atoms with E-state index in [-0.39, 0.29) is 0 Å². The highest BCUT2D eigenvalue weighted by molar-refractivity contribution is 5.11. The molecular formula is C28H52O. The van der Waals surface area contributed by atoms with Crippen molar-refractivity contribution in [2.24, 2.45) is 17.8 Å². The van der Waals surface area contributed by atoms with Gasteiger partial charge >= 0.3 is 0 Å². The Kier molecular flexibility index (Phi) is 24.0. The van der Waals surface area contributed by atoms with Crippen LogP contribution in [0.3, 0.4) is 0 Å². The molecule has 1 unspecified atom stereocenters. The van der Waals surface area contributed by atoms with Gasteiger partial charge in [-0.25, -0.2) is 0 Å². The number of hydrogen-bond donors (Lipinski definition) is 0. The van der Waals surface area contributed by atoms with E-state index in [1.807, 2.05) is 20.6 Å². The van der Waals surface area contributed by atoms with E-state index in [1.54, 1.807) is 5.57 Å². The first kappa shape index (κ1) is 30.1. The molecule has 1 fully saturated rings. The maximum atomic E-state index is 8.00. The lowest BCUT2D eigenvalue weighted by Crippen LogP contribution is -2.08. The van der Waals surface area contributed by atoms with Gasteiger partial charge in [-0.1, -0.05) is 103 Å². The molecule has 0 bridgehead atoms. The van der Waals surface area contributed by atoms with Crippen LogP contribution in [0, 0.1) is 17.8 Å². The van der Waals surface area contributed by atoms with Crippen LogP contribution in [-0.2, 0) is 4.79 Å². The Hall–Kier alpha value is -1.11. The summed E-state index contributed by atoms with van der Waals surface area (Å²) in [6.07, 6.45) is 27.0. The molecule has 0 aromatic rings. The van der Waals surface area contributed by atoms with Crippen LogP contribution in [-0.4, -0.2) is 6.79 Å². The van der Waals surface area contributed by atoms with Crippen molar-refractivity contribution < 1.29 is 4.79 Å². The first-order valence-corrected chi connectivity index (χ1v) is 12.4. The lowest BCUT2D eigenvalue weighted by molar-refractivity contribution is -0.0979. The molecule has 0 aromatic heterocycles. The molecule has 2 aliphatic carbocycles. The summed E-state index contributed by atoms with van der Waals surface area (Å²) in [7, 11) is 0. The van der Waals surface area contributed by atoms with E-state index < -0.39 is 0 Å². The van der Waals surface area contributed by atoms with Crippen LogP contribution in [0.25, 0.3) is 0 Å². The number of unbranched alkanes of at least 4 members (excludes halogenated alkanes) is 2. The summed E-state index contributed by atoms with van der Waals surface area (Å²) in [6.45, 7) is 17.0. The Morgan fingerprint density at radius 1 is 1.03 bits per heavy atom. The van der Waals surface area contributed by atoms with Gasteiger partial charge in [0.25, 0.3) is 0 Å². The third-order valence-corrected chi connectivity index (χ3v) is 6.04. The van der Waals surface area contributed by atoms with Crippen molar-refractivity contribution >= 4 is 6.79 Å². The lowest BCUT2D eigenvalue weighted by atomic mass is 9.82. The number of rotatable bonds is 9. The minimum atomic E-state index is 0.761. The normalized spacial score (nSPS) is 17.4. The van der Waals surface area contributed by atoms with Crippen LogP contribution in [0.2, 0.25) is 0 Å². The Labute approximate surface area is 184 Å². The minimum absolute atomic E-state index is 0.761. The second-order valence-corrected chi connectivity index (χ2v) is 8.31. The van der Waals surface area contributed by atoms with Crippen molar-refractivity contribution in [2.75, 3.05) is 0 Å². The lowest BCUT2D eigenvalue weighted by Gasteiger charge is -2.23. The van der Waals surface area contributed by atoms with Gasteiger partial charge in [0.15, 0.2) is 0 Å². The number of allylic oxidation sites excluding steroid dienone is 5. The summed E-state index contributed by atoms with van der Waals surface area (Å²) in [5, 5.41) is 0. The zero-order valence-corrected chi connectivity index (χ0v) is 20.6. The van der Waals surface area contributed by atoms with Gasteiger partial charge in [0, 0.05) is 0 Å². The first-order chi connectivity index (χ1) is 14.2. The van der Waals surface area contributed by atoms with Gasteiger partial charge in [-0.15, -0.1) is 0 Å². The Morgan fingerprint density at radius 2 is 1.62 bits per heavy atom. The van der Waals surface area contributed by atoms with Crippen LogP contribution < -0.4 is 0 Å². The van der Waals surface area contributed by atoms with Crippen molar-refractivity contribution in [3.63, 3.8) is 0 Å². The molecule has 0 spiro atoms. The molecule has 1 atom stereocenters. The number of carbonyl (C=O) groups excluding carboxylic acids is 1. The molecule has 1 saturated carbocycles. The van der Waals surface area contributed by atoms with E-state index in [2.05, 4.69) is 51.7 Å². The summed E-state index contributed by atoms with van der Waals surface area (Å²) < 4.78 is 0. The van der Waals surface area contributed by atoms with E-state index in [9.17, 15) is 0 Å². The fourth-order valence-corrected chi connectivity index (χ4v) is 4.14. The van der Waals surface area contributed by atoms with Crippen molar-refractivity contribution in [2.45, 2.75) is 118 Å². The molecule has 0 radical (unpaired) electrons. The van der Waals surface area contributed by atoms with Crippen LogP contribution in [0.15, 0.2) is 36.5 Å². The van der Waals surface area contributed by atoms with Gasteiger partial charge in [0.1, 0.15) is 6.79 Å². The third-order valence-electron chi connectivity index (χ3n) is 6.04. The molecule has 0 amide bonds. The Balaban J connectivity index is 0. The summed E-state index contributed by atoms with van der Waals surface area (Å²) in [6, 6.07) is 0.